The number of fused-ring (bicyclic) bond motifs is 1. The van der Waals surface area contributed by atoms with Crippen LogP contribution in [0.3, 0.4) is 0 Å². The maximum atomic E-state index is 13.7. The van der Waals surface area contributed by atoms with Gasteiger partial charge in [0.15, 0.2) is 0 Å². The van der Waals surface area contributed by atoms with E-state index in [2.05, 4.69) is 14.9 Å². The number of carbonyl (C=O) groups is 2. The molecule has 2 saturated heterocycles. The van der Waals surface area contributed by atoms with Gasteiger partial charge in [-0.15, -0.1) is 0 Å². The van der Waals surface area contributed by atoms with Crippen molar-refractivity contribution in [1.82, 2.24) is 4.90 Å². The summed E-state index contributed by atoms with van der Waals surface area (Å²) in [6.07, 6.45) is 3.65. The molecule has 3 aliphatic heterocycles. The van der Waals surface area contributed by atoms with Crippen molar-refractivity contribution in [2.24, 2.45) is 5.41 Å². The molecule has 1 aliphatic carbocycles. The fourth-order valence-corrected chi connectivity index (χ4v) is 7.02. The van der Waals surface area contributed by atoms with Crippen molar-refractivity contribution in [1.29, 1.82) is 0 Å². The van der Waals surface area contributed by atoms with Crippen molar-refractivity contribution >= 4 is 44.7 Å². The van der Waals surface area contributed by atoms with E-state index in [9.17, 15) is 26.8 Å². The van der Waals surface area contributed by atoms with Crippen LogP contribution in [-0.2, 0) is 10.0 Å². The number of aliphatic hydroxyl groups is 1. The van der Waals surface area contributed by atoms with Crippen LogP contribution in [0.15, 0.2) is 36.4 Å². The van der Waals surface area contributed by atoms with Crippen molar-refractivity contribution in [2.45, 2.75) is 44.4 Å². The topological polar surface area (TPSA) is 132 Å². The minimum Gasteiger partial charge on any atom is -0.490 e. The second-order valence-corrected chi connectivity index (χ2v) is 14.0. The third-order valence-corrected chi connectivity index (χ3v) is 10.3. The Hall–Kier alpha value is -3.65. The Morgan fingerprint density at radius 2 is 1.57 bits per heavy atom. The number of amides is 3. The minimum absolute atomic E-state index is 0.0402. The van der Waals surface area contributed by atoms with Crippen molar-refractivity contribution in [3.8, 4) is 5.75 Å². The second-order valence-electron chi connectivity index (χ2n) is 12.1. The molecule has 6 rings (SSSR count). The van der Waals surface area contributed by atoms with Crippen LogP contribution in [0.1, 0.15) is 48.9 Å². The molecule has 0 radical (unpaired) electrons. The molecule has 3 amide bonds. The molecule has 2 aromatic rings. The van der Waals surface area contributed by atoms with Gasteiger partial charge in [0, 0.05) is 44.7 Å². The van der Waals surface area contributed by atoms with Crippen LogP contribution < -0.4 is 24.6 Å². The highest BCUT2D eigenvalue weighted by molar-refractivity contribution is 7.92. The first kappa shape index (κ1) is 30.4. The number of aliphatic hydroxyl groups excluding tert-OH is 1. The van der Waals surface area contributed by atoms with Gasteiger partial charge in [0.2, 0.25) is 10.0 Å². The average molecular weight is 634 g/mol. The Labute approximate surface area is 255 Å². The van der Waals surface area contributed by atoms with Gasteiger partial charge >= 0.3 is 6.03 Å². The lowest BCUT2D eigenvalue weighted by Crippen LogP contribution is -2.51. The van der Waals surface area contributed by atoms with Gasteiger partial charge in [0.1, 0.15) is 12.4 Å². The van der Waals surface area contributed by atoms with E-state index in [1.165, 1.54) is 28.7 Å². The molecular weight excluding hydrogens is 596 g/mol. The van der Waals surface area contributed by atoms with Gasteiger partial charge in [0.05, 0.1) is 41.5 Å². The molecule has 14 heteroatoms. The second kappa shape index (κ2) is 11.7. The summed E-state index contributed by atoms with van der Waals surface area (Å²) in [6, 6.07) is 9.33. The summed E-state index contributed by atoms with van der Waals surface area (Å²) in [5, 5.41) is 12.0. The zero-order chi connectivity index (χ0) is 31.1. The molecule has 1 spiro atoms. The van der Waals surface area contributed by atoms with E-state index in [4.69, 9.17) is 9.84 Å². The monoisotopic (exact) mass is 633 g/mol. The first-order valence-corrected chi connectivity index (χ1v) is 16.6. The molecule has 3 N–H and O–H groups in total. The van der Waals surface area contributed by atoms with Crippen LogP contribution in [0.2, 0.25) is 0 Å². The van der Waals surface area contributed by atoms with Crippen molar-refractivity contribution < 1.29 is 36.6 Å². The van der Waals surface area contributed by atoms with Gasteiger partial charge in [-0.25, -0.2) is 22.0 Å². The standard InChI is InChI=1S/C30H37F2N5O6S/c31-30(32)9-13-36(14-10-30)28(40)37-15-17-43-26-4-2-21(19-25(26)37)33-27(39)23-3-1-22(34-44(41,42)18-16-38)20-24(23)35-11-7-29(5-6-29)8-12-35/h1-4,19-20,34,38H,5-18H2,(H,33,39). The van der Waals surface area contributed by atoms with E-state index in [0.29, 0.717) is 39.5 Å². The number of benzene rings is 2. The van der Waals surface area contributed by atoms with Crippen LogP contribution in [0, 0.1) is 5.41 Å². The Morgan fingerprint density at radius 3 is 2.25 bits per heavy atom. The van der Waals surface area contributed by atoms with E-state index in [1.807, 2.05) is 0 Å². The molecule has 0 unspecified atom stereocenters. The fourth-order valence-electron chi connectivity index (χ4n) is 6.19. The number of sulfonamides is 1. The van der Waals surface area contributed by atoms with E-state index >= 15 is 0 Å². The van der Waals surface area contributed by atoms with Gasteiger partial charge in [-0.3, -0.25) is 14.4 Å². The van der Waals surface area contributed by atoms with Gasteiger partial charge < -0.3 is 25.0 Å². The van der Waals surface area contributed by atoms with Crippen LogP contribution >= 0.6 is 0 Å². The van der Waals surface area contributed by atoms with E-state index < -0.39 is 34.2 Å². The quantitative estimate of drug-likeness (QED) is 0.419. The number of likely N-dealkylation sites (tertiary alicyclic amines) is 1. The first-order valence-electron chi connectivity index (χ1n) is 15.0. The summed E-state index contributed by atoms with van der Waals surface area (Å²) >= 11 is 0. The highest BCUT2D eigenvalue weighted by Gasteiger charge is 2.45. The van der Waals surface area contributed by atoms with E-state index in [0.717, 1.165) is 25.9 Å². The molecule has 11 nitrogen and oxygen atoms in total. The fraction of sp³-hybridized carbons (Fsp3) is 0.533. The molecule has 0 aromatic heterocycles. The number of anilines is 4. The highest BCUT2D eigenvalue weighted by Crippen LogP contribution is 2.54. The summed E-state index contributed by atoms with van der Waals surface area (Å²) in [6.45, 7) is 1.38. The van der Waals surface area contributed by atoms with Gasteiger partial charge in [-0.2, -0.15) is 0 Å². The third kappa shape index (κ3) is 6.55. The molecule has 1 saturated carbocycles. The van der Waals surface area contributed by atoms with Crippen LogP contribution in [0.4, 0.5) is 36.3 Å². The SMILES string of the molecule is O=C(Nc1ccc2c(c1)N(C(=O)N1CCC(F)(F)CC1)CCO2)c1ccc(NS(=O)(=O)CCO)cc1N1CCC2(CC1)CC2. The molecule has 0 bridgehead atoms. The van der Waals surface area contributed by atoms with E-state index in [1.54, 1.807) is 30.3 Å². The Bertz CT molecular complexity index is 1530. The summed E-state index contributed by atoms with van der Waals surface area (Å²) in [4.78, 5) is 32.0. The van der Waals surface area contributed by atoms with Gasteiger partial charge in [0.25, 0.3) is 11.8 Å². The molecule has 44 heavy (non-hydrogen) atoms. The predicted molar refractivity (Wildman–Crippen MR) is 162 cm³/mol. The number of hydrogen-bond donors (Lipinski definition) is 3. The smallest absolute Gasteiger partial charge is 0.324 e. The number of nitrogens with one attached hydrogen (secondary N) is 2. The summed E-state index contributed by atoms with van der Waals surface area (Å²) in [5.74, 6) is -3.18. The van der Waals surface area contributed by atoms with Crippen molar-refractivity contribution in [3.63, 3.8) is 0 Å². The van der Waals surface area contributed by atoms with Gasteiger partial charge in [-0.1, -0.05) is 0 Å². The summed E-state index contributed by atoms with van der Waals surface area (Å²) in [5.41, 5.74) is 2.50. The normalized spacial score (nSPS) is 20.5. The minimum atomic E-state index is -3.76. The largest absolute Gasteiger partial charge is 0.490 e. The number of hydrogen-bond acceptors (Lipinski definition) is 7. The Morgan fingerprint density at radius 1 is 0.886 bits per heavy atom. The number of rotatable bonds is 7. The summed E-state index contributed by atoms with van der Waals surface area (Å²) in [7, 11) is -3.76. The van der Waals surface area contributed by atoms with Crippen molar-refractivity contribution in [2.75, 3.05) is 71.5 Å². The van der Waals surface area contributed by atoms with Crippen LogP contribution in [-0.4, -0.2) is 88.0 Å². The predicted octanol–water partition coefficient (Wildman–Crippen LogP) is 4.10. The number of alkyl halides is 2. The lowest BCUT2D eigenvalue weighted by Gasteiger charge is -2.37. The molecule has 238 valence electrons. The van der Waals surface area contributed by atoms with Crippen LogP contribution in [0.5, 0.6) is 5.75 Å². The van der Waals surface area contributed by atoms with E-state index in [-0.39, 0.29) is 45.1 Å². The van der Waals surface area contributed by atoms with Crippen molar-refractivity contribution in [3.05, 3.63) is 42.0 Å². The molecule has 3 fully saturated rings. The Kier molecular flexibility index (Phi) is 8.07. The Balaban J connectivity index is 1.23. The lowest BCUT2D eigenvalue weighted by molar-refractivity contribution is -0.0465. The third-order valence-electron chi connectivity index (χ3n) is 9.07. The molecule has 4 aliphatic rings. The number of piperidine rings is 2. The molecule has 0 atom stereocenters. The maximum Gasteiger partial charge on any atom is 0.324 e. The maximum absolute atomic E-state index is 13.7. The molecular formula is C30H37F2N5O6S. The lowest BCUT2D eigenvalue weighted by atomic mass is 9.93. The summed E-state index contributed by atoms with van der Waals surface area (Å²) < 4.78 is 60.2. The number of nitrogens with zero attached hydrogens (tertiary/aromatic N) is 3. The average Bonchev–Trinajstić information content (AvgIpc) is 3.75. The molecule has 3 heterocycles. The molecule has 2 aromatic carbocycles. The number of urea groups is 1. The zero-order valence-corrected chi connectivity index (χ0v) is 25.2. The van der Waals surface area contributed by atoms with Gasteiger partial charge in [-0.05, 0) is 67.5 Å². The highest BCUT2D eigenvalue weighted by atomic mass is 32.2. The number of carbonyl (C=O) groups excluding carboxylic acids is 2. The van der Waals surface area contributed by atoms with Crippen LogP contribution in [0.25, 0.3) is 0 Å². The number of ether oxygens (including phenoxy) is 1. The zero-order valence-electron chi connectivity index (χ0n) is 24.4. The first-order chi connectivity index (χ1) is 21.0. The number of halogens is 2.